The fraction of sp³-hybridized carbons (Fsp3) is 0.875. The second kappa shape index (κ2) is 2.62. The smallest absolute Gasteiger partial charge is 0.407 e. The summed E-state index contributed by atoms with van der Waals surface area (Å²) in [5.74, 6) is 1.80. The zero-order valence-corrected chi connectivity index (χ0v) is 7.06. The SMILES string of the molecule is COCC1C2CN(C(=O)O)C[C@@H]12. The van der Waals surface area contributed by atoms with Gasteiger partial charge in [0.1, 0.15) is 0 Å². The van der Waals surface area contributed by atoms with Gasteiger partial charge in [-0.1, -0.05) is 0 Å². The monoisotopic (exact) mass is 171 g/mol. The number of fused-ring (bicyclic) bond motifs is 1. The second-order valence-corrected chi connectivity index (χ2v) is 3.63. The van der Waals surface area contributed by atoms with Crippen molar-refractivity contribution in [1.29, 1.82) is 0 Å². The van der Waals surface area contributed by atoms with Crippen LogP contribution in [0.25, 0.3) is 0 Å². The van der Waals surface area contributed by atoms with Gasteiger partial charge in [-0.3, -0.25) is 0 Å². The van der Waals surface area contributed by atoms with Crippen LogP contribution in [-0.4, -0.2) is 42.9 Å². The Morgan fingerprint density at radius 1 is 1.58 bits per heavy atom. The van der Waals surface area contributed by atoms with Crippen LogP contribution in [-0.2, 0) is 4.74 Å². The highest BCUT2D eigenvalue weighted by atomic mass is 16.5. The van der Waals surface area contributed by atoms with Gasteiger partial charge in [0.05, 0.1) is 0 Å². The molecule has 2 aliphatic rings. The number of likely N-dealkylation sites (tertiary alicyclic amines) is 1. The van der Waals surface area contributed by atoms with Crippen molar-refractivity contribution in [2.24, 2.45) is 17.8 Å². The maximum absolute atomic E-state index is 10.5. The molecule has 0 radical (unpaired) electrons. The third kappa shape index (κ3) is 1.06. The molecule has 1 heterocycles. The first-order valence-electron chi connectivity index (χ1n) is 4.21. The first kappa shape index (κ1) is 7.86. The van der Waals surface area contributed by atoms with Crippen molar-refractivity contribution in [3.63, 3.8) is 0 Å². The summed E-state index contributed by atoms with van der Waals surface area (Å²) >= 11 is 0. The van der Waals surface area contributed by atoms with Crippen LogP contribution >= 0.6 is 0 Å². The Labute approximate surface area is 71.1 Å². The topological polar surface area (TPSA) is 49.8 Å². The van der Waals surface area contributed by atoms with Crippen molar-refractivity contribution in [1.82, 2.24) is 4.90 Å². The Kier molecular flexibility index (Phi) is 1.72. The molecule has 1 N–H and O–H groups in total. The third-order valence-corrected chi connectivity index (χ3v) is 3.00. The van der Waals surface area contributed by atoms with E-state index in [4.69, 9.17) is 9.84 Å². The van der Waals surface area contributed by atoms with Gasteiger partial charge in [-0.2, -0.15) is 0 Å². The van der Waals surface area contributed by atoms with E-state index in [-0.39, 0.29) is 0 Å². The molecule has 0 aromatic carbocycles. The lowest BCUT2D eigenvalue weighted by molar-refractivity contribution is 0.136. The molecule has 4 nitrogen and oxygen atoms in total. The third-order valence-electron chi connectivity index (χ3n) is 3.00. The molecule has 1 saturated heterocycles. The number of carboxylic acid groups (broad SMARTS) is 1. The fourth-order valence-electron chi connectivity index (χ4n) is 2.25. The number of hydrogen-bond acceptors (Lipinski definition) is 2. The van der Waals surface area contributed by atoms with Gasteiger partial charge in [0, 0.05) is 26.8 Å². The molecule has 2 fully saturated rings. The fourth-order valence-corrected chi connectivity index (χ4v) is 2.25. The highest BCUT2D eigenvalue weighted by Gasteiger charge is 2.56. The first-order valence-corrected chi connectivity index (χ1v) is 4.21. The van der Waals surface area contributed by atoms with Crippen LogP contribution in [0.5, 0.6) is 0 Å². The summed E-state index contributed by atoms with van der Waals surface area (Å²) in [5.41, 5.74) is 0. The molecule has 3 atom stereocenters. The Balaban J connectivity index is 1.82. The number of carbonyl (C=O) groups is 1. The van der Waals surface area contributed by atoms with E-state index >= 15 is 0 Å². The molecule has 1 amide bonds. The molecule has 1 saturated carbocycles. The molecule has 1 aliphatic heterocycles. The van der Waals surface area contributed by atoms with Crippen molar-refractivity contribution in [3.05, 3.63) is 0 Å². The molecule has 0 spiro atoms. The molecular formula is C8H13NO3. The first-order chi connectivity index (χ1) is 5.74. The second-order valence-electron chi connectivity index (χ2n) is 3.63. The summed E-state index contributed by atoms with van der Waals surface area (Å²) in [4.78, 5) is 12.0. The number of nitrogens with zero attached hydrogens (tertiary/aromatic N) is 1. The summed E-state index contributed by atoms with van der Waals surface area (Å²) in [6, 6.07) is 0. The quantitative estimate of drug-likeness (QED) is 0.657. The van der Waals surface area contributed by atoms with E-state index in [9.17, 15) is 4.79 Å². The van der Waals surface area contributed by atoms with Crippen molar-refractivity contribution >= 4 is 6.09 Å². The van der Waals surface area contributed by atoms with E-state index in [1.54, 1.807) is 7.11 Å². The summed E-state index contributed by atoms with van der Waals surface area (Å²) < 4.78 is 5.03. The minimum Gasteiger partial charge on any atom is -0.465 e. The molecule has 0 aromatic heterocycles. The predicted octanol–water partition coefficient (Wildman–Crippen LogP) is 0.489. The average molecular weight is 171 g/mol. The number of rotatable bonds is 2. The van der Waals surface area contributed by atoms with Crippen LogP contribution in [0, 0.1) is 17.8 Å². The van der Waals surface area contributed by atoms with E-state index in [0.717, 1.165) is 6.61 Å². The molecule has 1 aliphatic carbocycles. The highest BCUT2D eigenvalue weighted by Crippen LogP contribution is 2.51. The normalized spacial score (nSPS) is 38.1. The molecule has 2 unspecified atom stereocenters. The van der Waals surface area contributed by atoms with Crippen LogP contribution in [0.2, 0.25) is 0 Å². The number of piperidine rings is 1. The van der Waals surface area contributed by atoms with Crippen molar-refractivity contribution in [2.75, 3.05) is 26.8 Å². The van der Waals surface area contributed by atoms with E-state index in [0.29, 0.717) is 30.8 Å². The van der Waals surface area contributed by atoms with Crippen LogP contribution in [0.3, 0.4) is 0 Å². The Hall–Kier alpha value is -0.770. The van der Waals surface area contributed by atoms with Gasteiger partial charge in [-0.25, -0.2) is 4.79 Å². The summed E-state index contributed by atoms with van der Waals surface area (Å²) in [5, 5.41) is 8.66. The molecule has 12 heavy (non-hydrogen) atoms. The lowest BCUT2D eigenvalue weighted by atomic mass is 10.3. The van der Waals surface area contributed by atoms with Gasteiger partial charge in [0.25, 0.3) is 0 Å². The maximum Gasteiger partial charge on any atom is 0.407 e. The Bertz CT molecular complexity index is 194. The molecule has 2 rings (SSSR count). The number of ether oxygens (including phenoxy) is 1. The lowest BCUT2D eigenvalue weighted by Gasteiger charge is -2.15. The zero-order valence-electron chi connectivity index (χ0n) is 7.06. The number of hydrogen-bond donors (Lipinski definition) is 1. The summed E-state index contributed by atoms with van der Waals surface area (Å²) in [7, 11) is 1.70. The molecular weight excluding hydrogens is 158 g/mol. The van der Waals surface area contributed by atoms with E-state index in [1.165, 1.54) is 4.90 Å². The average Bonchev–Trinajstić information content (AvgIpc) is 2.51. The highest BCUT2D eigenvalue weighted by molar-refractivity contribution is 5.65. The largest absolute Gasteiger partial charge is 0.465 e. The molecule has 0 aromatic rings. The van der Waals surface area contributed by atoms with Gasteiger partial charge in [0.15, 0.2) is 0 Å². The number of methoxy groups -OCH3 is 1. The van der Waals surface area contributed by atoms with Gasteiger partial charge in [-0.15, -0.1) is 0 Å². The summed E-state index contributed by atoms with van der Waals surface area (Å²) in [6.07, 6.45) is -0.779. The summed E-state index contributed by atoms with van der Waals surface area (Å²) in [6.45, 7) is 2.23. The zero-order chi connectivity index (χ0) is 8.72. The minimum absolute atomic E-state index is 0.584. The van der Waals surface area contributed by atoms with Crippen molar-refractivity contribution in [2.45, 2.75) is 0 Å². The standard InChI is InChI=1S/C8H13NO3/c1-12-4-7-5-2-9(8(10)11)3-6(5)7/h5-7H,2-4H2,1H3,(H,10,11)/t5-,6?,7?/m1/s1. The number of amides is 1. The van der Waals surface area contributed by atoms with Crippen LogP contribution in [0.1, 0.15) is 0 Å². The van der Waals surface area contributed by atoms with Gasteiger partial charge in [0.2, 0.25) is 0 Å². The van der Waals surface area contributed by atoms with Crippen molar-refractivity contribution < 1.29 is 14.6 Å². The molecule has 4 heteroatoms. The maximum atomic E-state index is 10.5. The Morgan fingerprint density at radius 2 is 2.17 bits per heavy atom. The van der Waals surface area contributed by atoms with Crippen LogP contribution in [0.4, 0.5) is 4.79 Å². The van der Waals surface area contributed by atoms with Crippen LogP contribution in [0.15, 0.2) is 0 Å². The predicted molar refractivity (Wildman–Crippen MR) is 41.9 cm³/mol. The molecule has 0 bridgehead atoms. The van der Waals surface area contributed by atoms with Gasteiger partial charge >= 0.3 is 6.09 Å². The van der Waals surface area contributed by atoms with E-state index < -0.39 is 6.09 Å². The van der Waals surface area contributed by atoms with Crippen molar-refractivity contribution in [3.8, 4) is 0 Å². The van der Waals surface area contributed by atoms with Crippen LogP contribution < -0.4 is 0 Å². The molecule has 68 valence electrons. The van der Waals surface area contributed by atoms with Gasteiger partial charge in [-0.05, 0) is 17.8 Å². The van der Waals surface area contributed by atoms with E-state index in [1.807, 2.05) is 0 Å². The van der Waals surface area contributed by atoms with Gasteiger partial charge < -0.3 is 14.7 Å². The van der Waals surface area contributed by atoms with E-state index in [2.05, 4.69) is 0 Å². The minimum atomic E-state index is -0.779. The Morgan fingerprint density at radius 3 is 2.58 bits per heavy atom. The lowest BCUT2D eigenvalue weighted by Crippen LogP contribution is -2.30.